The number of hydrogen-bond donors (Lipinski definition) is 0. The van der Waals surface area contributed by atoms with Gasteiger partial charge in [0.25, 0.3) is 0 Å². The Morgan fingerprint density at radius 2 is 1.95 bits per heavy atom. The van der Waals surface area contributed by atoms with Gasteiger partial charge in [-0.15, -0.1) is 0 Å². The first kappa shape index (κ1) is 13.2. The lowest BCUT2D eigenvalue weighted by Crippen LogP contribution is -2.09. The van der Waals surface area contributed by atoms with E-state index in [1.54, 1.807) is 0 Å². The molecule has 1 aliphatic rings. The molecule has 3 nitrogen and oxygen atoms in total. The highest BCUT2D eigenvalue weighted by atomic mass is 19.1. The molecule has 0 amide bonds. The SMILES string of the molecule is Fc1ccc(-c2noc(CC3CCCCC3)n2)c(F)c1. The summed E-state index contributed by atoms with van der Waals surface area (Å²) in [5.74, 6) is 0.0197. The quantitative estimate of drug-likeness (QED) is 0.847. The van der Waals surface area contributed by atoms with Gasteiger partial charge in [-0.2, -0.15) is 4.98 Å². The number of rotatable bonds is 3. The number of hydrogen-bond acceptors (Lipinski definition) is 3. The Morgan fingerprint density at radius 1 is 1.15 bits per heavy atom. The molecule has 1 aliphatic carbocycles. The second-order valence-corrected chi connectivity index (χ2v) is 5.34. The molecule has 106 valence electrons. The normalized spacial score (nSPS) is 16.5. The van der Waals surface area contributed by atoms with Gasteiger partial charge < -0.3 is 4.52 Å². The Bertz CT molecular complexity index is 591. The van der Waals surface area contributed by atoms with Crippen molar-refractivity contribution in [3.05, 3.63) is 35.7 Å². The van der Waals surface area contributed by atoms with Gasteiger partial charge in [0, 0.05) is 12.5 Å². The Kier molecular flexibility index (Phi) is 3.76. The smallest absolute Gasteiger partial charge is 0.227 e. The predicted molar refractivity (Wildman–Crippen MR) is 69.9 cm³/mol. The summed E-state index contributed by atoms with van der Waals surface area (Å²) in [5, 5.41) is 3.79. The lowest BCUT2D eigenvalue weighted by Gasteiger charge is -2.19. The van der Waals surface area contributed by atoms with Crippen molar-refractivity contribution < 1.29 is 13.3 Å². The van der Waals surface area contributed by atoms with Crippen molar-refractivity contribution in [2.75, 3.05) is 0 Å². The topological polar surface area (TPSA) is 38.9 Å². The van der Waals surface area contributed by atoms with Gasteiger partial charge in [0.1, 0.15) is 11.6 Å². The third-order valence-electron chi connectivity index (χ3n) is 3.83. The van der Waals surface area contributed by atoms with Gasteiger partial charge in [0.2, 0.25) is 11.7 Å². The average Bonchev–Trinajstić information content (AvgIpc) is 2.88. The maximum atomic E-state index is 13.6. The van der Waals surface area contributed by atoms with E-state index in [1.165, 1.54) is 44.2 Å². The fourth-order valence-electron chi connectivity index (χ4n) is 2.76. The first-order chi connectivity index (χ1) is 9.72. The summed E-state index contributed by atoms with van der Waals surface area (Å²) in [6.07, 6.45) is 6.91. The van der Waals surface area contributed by atoms with Crippen LogP contribution in [0.25, 0.3) is 11.4 Å². The third kappa shape index (κ3) is 2.86. The highest BCUT2D eigenvalue weighted by Gasteiger charge is 2.19. The van der Waals surface area contributed by atoms with E-state index >= 15 is 0 Å². The van der Waals surface area contributed by atoms with Crippen LogP contribution in [0.3, 0.4) is 0 Å². The minimum absolute atomic E-state index is 0.171. The maximum absolute atomic E-state index is 13.6. The molecule has 0 bridgehead atoms. The van der Waals surface area contributed by atoms with E-state index in [4.69, 9.17) is 4.52 Å². The van der Waals surface area contributed by atoms with E-state index in [0.29, 0.717) is 11.8 Å². The second kappa shape index (κ2) is 5.69. The van der Waals surface area contributed by atoms with Gasteiger partial charge in [-0.25, -0.2) is 8.78 Å². The zero-order valence-corrected chi connectivity index (χ0v) is 11.1. The molecule has 3 rings (SSSR count). The van der Waals surface area contributed by atoms with Gasteiger partial charge in [-0.05, 0) is 30.9 Å². The summed E-state index contributed by atoms with van der Waals surface area (Å²) < 4.78 is 31.7. The standard InChI is InChI=1S/C15H16F2N2O/c16-11-6-7-12(13(17)9-11)15-18-14(20-19-15)8-10-4-2-1-3-5-10/h6-7,9-10H,1-5,8H2. The number of aromatic nitrogens is 2. The molecule has 2 aromatic rings. The van der Waals surface area contributed by atoms with E-state index in [-0.39, 0.29) is 11.4 Å². The first-order valence-electron chi connectivity index (χ1n) is 7.00. The fourth-order valence-corrected chi connectivity index (χ4v) is 2.76. The largest absolute Gasteiger partial charge is 0.339 e. The van der Waals surface area contributed by atoms with Crippen molar-refractivity contribution >= 4 is 0 Å². The summed E-state index contributed by atoms with van der Waals surface area (Å²) >= 11 is 0. The van der Waals surface area contributed by atoms with Crippen molar-refractivity contribution in [1.29, 1.82) is 0 Å². The number of nitrogens with zero attached hydrogens (tertiary/aromatic N) is 2. The third-order valence-corrected chi connectivity index (χ3v) is 3.83. The zero-order chi connectivity index (χ0) is 13.9. The molecule has 0 spiro atoms. The van der Waals surface area contributed by atoms with Crippen molar-refractivity contribution in [2.45, 2.75) is 38.5 Å². The van der Waals surface area contributed by atoms with Crippen LogP contribution in [0.5, 0.6) is 0 Å². The first-order valence-corrected chi connectivity index (χ1v) is 7.00. The van der Waals surface area contributed by atoms with Crippen LogP contribution >= 0.6 is 0 Å². The number of benzene rings is 1. The number of halogens is 2. The molecule has 1 saturated carbocycles. The van der Waals surface area contributed by atoms with E-state index in [9.17, 15) is 8.78 Å². The monoisotopic (exact) mass is 278 g/mol. The Balaban J connectivity index is 1.75. The predicted octanol–water partition coefficient (Wildman–Crippen LogP) is 4.14. The lowest BCUT2D eigenvalue weighted by molar-refractivity contribution is 0.305. The zero-order valence-electron chi connectivity index (χ0n) is 11.1. The second-order valence-electron chi connectivity index (χ2n) is 5.34. The van der Waals surface area contributed by atoms with E-state index in [1.807, 2.05) is 0 Å². The molecule has 1 aromatic heterocycles. The van der Waals surface area contributed by atoms with Crippen LogP contribution in [-0.2, 0) is 6.42 Å². The van der Waals surface area contributed by atoms with Gasteiger partial charge in [-0.3, -0.25) is 0 Å². The molecule has 0 unspecified atom stereocenters. The molecule has 0 saturated heterocycles. The van der Waals surface area contributed by atoms with Crippen LogP contribution in [0, 0.1) is 17.6 Å². The van der Waals surface area contributed by atoms with Crippen molar-refractivity contribution in [1.82, 2.24) is 10.1 Å². The molecular weight excluding hydrogens is 262 g/mol. The van der Waals surface area contributed by atoms with E-state index in [0.717, 1.165) is 12.5 Å². The van der Waals surface area contributed by atoms with Crippen LogP contribution in [0.2, 0.25) is 0 Å². The van der Waals surface area contributed by atoms with Crippen molar-refractivity contribution in [3.8, 4) is 11.4 Å². The average molecular weight is 278 g/mol. The summed E-state index contributed by atoms with van der Waals surface area (Å²) in [4.78, 5) is 4.22. The Hall–Kier alpha value is -1.78. The minimum atomic E-state index is -0.671. The molecule has 1 heterocycles. The molecule has 0 radical (unpaired) electrons. The molecule has 1 aromatic carbocycles. The molecular formula is C15H16F2N2O. The van der Waals surface area contributed by atoms with Gasteiger partial charge in [0.05, 0.1) is 5.56 Å². The Morgan fingerprint density at radius 3 is 2.70 bits per heavy atom. The van der Waals surface area contributed by atoms with Crippen molar-refractivity contribution in [3.63, 3.8) is 0 Å². The van der Waals surface area contributed by atoms with Crippen LogP contribution in [0.15, 0.2) is 22.7 Å². The fraction of sp³-hybridized carbons (Fsp3) is 0.467. The highest BCUT2D eigenvalue weighted by molar-refractivity contribution is 5.54. The Labute approximate surface area is 116 Å². The maximum Gasteiger partial charge on any atom is 0.227 e. The molecule has 0 N–H and O–H groups in total. The van der Waals surface area contributed by atoms with E-state index in [2.05, 4.69) is 10.1 Å². The van der Waals surface area contributed by atoms with Gasteiger partial charge in [-0.1, -0.05) is 24.4 Å². The molecule has 0 atom stereocenters. The van der Waals surface area contributed by atoms with Crippen LogP contribution < -0.4 is 0 Å². The van der Waals surface area contributed by atoms with Gasteiger partial charge in [0.15, 0.2) is 0 Å². The summed E-state index contributed by atoms with van der Waals surface area (Å²) in [6.45, 7) is 0. The van der Waals surface area contributed by atoms with Crippen molar-refractivity contribution in [2.24, 2.45) is 5.92 Å². The molecule has 1 fully saturated rings. The summed E-state index contributed by atoms with van der Waals surface area (Å²) in [6, 6.07) is 3.35. The van der Waals surface area contributed by atoms with E-state index < -0.39 is 11.6 Å². The van der Waals surface area contributed by atoms with Crippen LogP contribution in [0.4, 0.5) is 8.78 Å². The van der Waals surface area contributed by atoms with Crippen LogP contribution in [0.1, 0.15) is 38.0 Å². The van der Waals surface area contributed by atoms with Gasteiger partial charge >= 0.3 is 0 Å². The molecule has 0 aliphatic heterocycles. The molecule has 20 heavy (non-hydrogen) atoms. The highest BCUT2D eigenvalue weighted by Crippen LogP contribution is 2.27. The lowest BCUT2D eigenvalue weighted by atomic mass is 9.87. The minimum Gasteiger partial charge on any atom is -0.339 e. The van der Waals surface area contributed by atoms with Crippen LogP contribution in [-0.4, -0.2) is 10.1 Å². The summed E-state index contributed by atoms with van der Waals surface area (Å²) in [5.41, 5.74) is 0.171. The molecule has 5 heteroatoms. The summed E-state index contributed by atoms with van der Waals surface area (Å²) in [7, 11) is 0.